The van der Waals surface area contributed by atoms with Crippen molar-refractivity contribution in [3.05, 3.63) is 41.7 Å². The number of rotatable bonds is 6. The maximum Gasteiger partial charge on any atom is 0.132 e. The van der Waals surface area contributed by atoms with Crippen LogP contribution >= 0.6 is 12.4 Å². The van der Waals surface area contributed by atoms with Gasteiger partial charge in [-0.25, -0.2) is 0 Å². The molecular weight excluding hydrogens is 346 g/mol. The summed E-state index contributed by atoms with van der Waals surface area (Å²) >= 11 is 0. The fourth-order valence-electron chi connectivity index (χ4n) is 3.75. The number of benzene rings is 1. The minimum absolute atomic E-state index is 0. The molecule has 0 spiro atoms. The smallest absolute Gasteiger partial charge is 0.132 e. The van der Waals surface area contributed by atoms with Crippen molar-refractivity contribution in [2.24, 2.45) is 0 Å². The molecule has 0 aliphatic carbocycles. The van der Waals surface area contributed by atoms with Gasteiger partial charge < -0.3 is 9.84 Å². The highest BCUT2D eigenvalue weighted by molar-refractivity contribution is 5.85. The highest BCUT2D eigenvalue weighted by Crippen LogP contribution is 2.49. The van der Waals surface area contributed by atoms with E-state index >= 15 is 0 Å². The molecule has 0 saturated carbocycles. The molecule has 1 aromatic heterocycles. The number of halogens is 1. The van der Waals surface area contributed by atoms with Crippen LogP contribution in [-0.2, 0) is 5.60 Å². The number of unbranched alkanes of at least 4 members (excludes halogenated alkanes) is 3. The Morgan fingerprint density at radius 1 is 1.19 bits per heavy atom. The van der Waals surface area contributed by atoms with E-state index in [1.54, 1.807) is 6.20 Å². The van der Waals surface area contributed by atoms with Gasteiger partial charge in [-0.15, -0.1) is 12.4 Å². The van der Waals surface area contributed by atoms with Gasteiger partial charge in [0.25, 0.3) is 0 Å². The van der Waals surface area contributed by atoms with Crippen LogP contribution < -0.4 is 4.74 Å². The summed E-state index contributed by atoms with van der Waals surface area (Å²) < 4.78 is 6.27. The van der Waals surface area contributed by atoms with Gasteiger partial charge in [0, 0.05) is 23.5 Å². The molecule has 1 aliphatic heterocycles. The summed E-state index contributed by atoms with van der Waals surface area (Å²) in [6.45, 7) is 8.59. The van der Waals surface area contributed by atoms with Gasteiger partial charge in [0.15, 0.2) is 0 Å². The predicted octanol–water partition coefficient (Wildman–Crippen LogP) is 6.58. The fourth-order valence-corrected chi connectivity index (χ4v) is 3.75. The summed E-state index contributed by atoms with van der Waals surface area (Å²) in [7, 11) is 0. The maximum absolute atomic E-state index is 10.7. The second-order valence-corrected chi connectivity index (χ2v) is 7.70. The molecule has 1 aliphatic rings. The molecule has 1 unspecified atom stereocenters. The van der Waals surface area contributed by atoms with Gasteiger partial charge in [0.2, 0.25) is 0 Å². The summed E-state index contributed by atoms with van der Waals surface area (Å²) in [5, 5.41) is 10.7. The third-order valence-electron chi connectivity index (χ3n) is 5.27. The number of aromatic nitrogens is 1. The van der Waals surface area contributed by atoms with Crippen molar-refractivity contribution in [3.63, 3.8) is 0 Å². The Bertz CT molecular complexity index is 758. The van der Waals surface area contributed by atoms with Crippen LogP contribution in [0.5, 0.6) is 11.5 Å². The normalized spacial score (nSPS) is 15.2. The van der Waals surface area contributed by atoms with Gasteiger partial charge in [0.05, 0.1) is 5.56 Å². The first kappa shape index (κ1) is 20.6. The Morgan fingerprint density at radius 3 is 2.69 bits per heavy atom. The molecule has 0 amide bonds. The van der Waals surface area contributed by atoms with Crippen LogP contribution in [-0.4, -0.2) is 10.1 Å². The zero-order chi connectivity index (χ0) is 18.0. The minimum atomic E-state index is -0.430. The first-order valence-electron chi connectivity index (χ1n) is 9.45. The van der Waals surface area contributed by atoms with Crippen molar-refractivity contribution in [2.75, 3.05) is 0 Å². The third kappa shape index (κ3) is 3.98. The summed E-state index contributed by atoms with van der Waals surface area (Å²) in [5.41, 5.74) is 3.51. The number of fused-ring (bicyclic) bond motifs is 3. The summed E-state index contributed by atoms with van der Waals surface area (Å²) in [5.74, 6) is 1.47. The molecule has 0 fully saturated rings. The van der Waals surface area contributed by atoms with Crippen LogP contribution in [0.25, 0.3) is 11.1 Å². The van der Waals surface area contributed by atoms with E-state index in [1.165, 1.54) is 25.7 Å². The lowest BCUT2D eigenvalue weighted by Gasteiger charge is -2.35. The lowest BCUT2D eigenvalue weighted by atomic mass is 9.85. The average molecular weight is 376 g/mol. The maximum atomic E-state index is 10.7. The molecule has 0 bridgehead atoms. The average Bonchev–Trinajstić information content (AvgIpc) is 2.57. The van der Waals surface area contributed by atoms with Crippen LogP contribution in [0.1, 0.15) is 76.8 Å². The molecule has 3 nitrogen and oxygen atoms in total. The topological polar surface area (TPSA) is 42.4 Å². The number of hydrogen-bond donors (Lipinski definition) is 1. The zero-order valence-electron chi connectivity index (χ0n) is 16.2. The van der Waals surface area contributed by atoms with Crippen molar-refractivity contribution in [3.8, 4) is 22.6 Å². The second kappa shape index (κ2) is 8.30. The molecule has 2 heterocycles. The van der Waals surface area contributed by atoms with Gasteiger partial charge in [0.1, 0.15) is 17.1 Å². The number of aromatic hydroxyl groups is 1. The molecule has 4 heteroatoms. The van der Waals surface area contributed by atoms with Gasteiger partial charge in [-0.05, 0) is 49.9 Å². The van der Waals surface area contributed by atoms with Crippen molar-refractivity contribution < 1.29 is 9.84 Å². The van der Waals surface area contributed by atoms with Crippen LogP contribution in [0.2, 0.25) is 0 Å². The van der Waals surface area contributed by atoms with Gasteiger partial charge in [-0.2, -0.15) is 0 Å². The van der Waals surface area contributed by atoms with Gasteiger partial charge in [-0.1, -0.05) is 39.5 Å². The number of phenols is 1. The van der Waals surface area contributed by atoms with Crippen LogP contribution in [0, 0.1) is 0 Å². The number of ether oxygens (including phenoxy) is 1. The van der Waals surface area contributed by atoms with E-state index in [0.29, 0.717) is 5.92 Å². The Labute approximate surface area is 163 Å². The Hall–Kier alpha value is -1.74. The summed E-state index contributed by atoms with van der Waals surface area (Å²) in [4.78, 5) is 4.25. The van der Waals surface area contributed by atoms with E-state index < -0.39 is 5.60 Å². The number of nitrogens with zero attached hydrogens (tertiary/aromatic N) is 1. The quantitative estimate of drug-likeness (QED) is 0.580. The summed E-state index contributed by atoms with van der Waals surface area (Å²) in [6, 6.07) is 5.99. The van der Waals surface area contributed by atoms with Crippen molar-refractivity contribution in [1.29, 1.82) is 0 Å². The number of phenolic OH excluding ortho intramolecular Hbond substituents is 1. The van der Waals surface area contributed by atoms with Crippen LogP contribution in [0.15, 0.2) is 30.6 Å². The molecule has 3 rings (SSSR count). The lowest BCUT2D eigenvalue weighted by Crippen LogP contribution is -2.29. The Morgan fingerprint density at radius 2 is 1.96 bits per heavy atom. The minimum Gasteiger partial charge on any atom is -0.507 e. The predicted molar refractivity (Wildman–Crippen MR) is 109 cm³/mol. The summed E-state index contributed by atoms with van der Waals surface area (Å²) in [6.07, 6.45) is 9.80. The van der Waals surface area contributed by atoms with E-state index in [9.17, 15) is 5.11 Å². The van der Waals surface area contributed by atoms with E-state index in [0.717, 1.165) is 34.4 Å². The zero-order valence-corrected chi connectivity index (χ0v) is 17.0. The van der Waals surface area contributed by atoms with E-state index in [1.807, 2.05) is 18.3 Å². The van der Waals surface area contributed by atoms with Crippen LogP contribution in [0.3, 0.4) is 0 Å². The van der Waals surface area contributed by atoms with Crippen molar-refractivity contribution in [1.82, 2.24) is 4.98 Å². The Kier molecular flexibility index (Phi) is 6.57. The fraction of sp³-hybridized carbons (Fsp3) is 0.500. The standard InChI is InChI=1S/C22H29NO2.ClH/c1-5-6-7-8-9-15(2)16-12-19(24)21-17-14-23-11-10-18(17)22(3,4)25-20(21)13-16;/h10-15,24H,5-9H2,1-4H3;1H. The van der Waals surface area contributed by atoms with Gasteiger partial charge >= 0.3 is 0 Å². The molecule has 1 atom stereocenters. The van der Waals surface area contributed by atoms with Crippen molar-refractivity contribution >= 4 is 12.4 Å². The molecular formula is C22H30ClNO2. The molecule has 0 radical (unpaired) electrons. The molecule has 0 saturated heterocycles. The second-order valence-electron chi connectivity index (χ2n) is 7.70. The largest absolute Gasteiger partial charge is 0.507 e. The lowest BCUT2D eigenvalue weighted by molar-refractivity contribution is 0.105. The van der Waals surface area contributed by atoms with Crippen molar-refractivity contribution in [2.45, 2.75) is 71.3 Å². The first-order chi connectivity index (χ1) is 11.9. The third-order valence-corrected chi connectivity index (χ3v) is 5.27. The van der Waals surface area contributed by atoms with E-state index in [2.05, 4.69) is 38.7 Å². The highest BCUT2D eigenvalue weighted by Gasteiger charge is 2.34. The molecule has 1 N–H and O–H groups in total. The monoisotopic (exact) mass is 375 g/mol. The number of hydrogen-bond acceptors (Lipinski definition) is 3. The molecule has 26 heavy (non-hydrogen) atoms. The van der Waals surface area contributed by atoms with E-state index in [4.69, 9.17) is 4.74 Å². The molecule has 142 valence electrons. The van der Waals surface area contributed by atoms with E-state index in [-0.39, 0.29) is 18.2 Å². The van der Waals surface area contributed by atoms with Gasteiger partial charge in [-0.3, -0.25) is 4.98 Å². The SMILES string of the molecule is CCCCCCC(C)c1cc(O)c2c(c1)OC(C)(C)c1ccncc1-2.Cl. The Balaban J connectivity index is 0.00000243. The first-order valence-corrected chi connectivity index (χ1v) is 9.45. The highest BCUT2D eigenvalue weighted by atomic mass is 35.5. The molecule has 2 aromatic rings. The number of pyridine rings is 1. The van der Waals surface area contributed by atoms with Crippen LogP contribution in [0.4, 0.5) is 0 Å². The molecule has 1 aromatic carbocycles.